The van der Waals surface area contributed by atoms with Crippen LogP contribution in [-0.4, -0.2) is 27.4 Å². The summed E-state index contributed by atoms with van der Waals surface area (Å²) >= 11 is 0. The van der Waals surface area contributed by atoms with E-state index in [0.29, 0.717) is 13.2 Å². The maximum absolute atomic E-state index is 5.55. The van der Waals surface area contributed by atoms with Crippen molar-refractivity contribution in [3.8, 4) is 11.5 Å². The Labute approximate surface area is 111 Å². The fraction of sp³-hybridized carbons (Fsp3) is 0.333. The zero-order valence-electron chi connectivity index (χ0n) is 11.0. The van der Waals surface area contributed by atoms with Gasteiger partial charge >= 0.3 is 0 Å². The quantitative estimate of drug-likeness (QED) is 0.850. The van der Waals surface area contributed by atoms with E-state index in [0.717, 1.165) is 27.8 Å². The van der Waals surface area contributed by atoms with Gasteiger partial charge in [-0.1, -0.05) is 6.07 Å². The van der Waals surface area contributed by atoms with Crippen LogP contribution in [0.5, 0.6) is 11.5 Å². The third kappa shape index (κ3) is 2.13. The zero-order chi connectivity index (χ0) is 13.2. The Morgan fingerprint density at radius 1 is 1.00 bits per heavy atom. The van der Waals surface area contributed by atoms with Gasteiger partial charge in [0, 0.05) is 5.39 Å². The van der Waals surface area contributed by atoms with Crippen molar-refractivity contribution >= 4 is 10.8 Å². The van der Waals surface area contributed by atoms with Crippen LogP contribution in [-0.2, 0) is 9.47 Å². The van der Waals surface area contributed by atoms with Crippen LogP contribution in [0.3, 0.4) is 0 Å². The lowest BCUT2D eigenvalue weighted by Crippen LogP contribution is -2.01. The summed E-state index contributed by atoms with van der Waals surface area (Å²) in [5.41, 5.74) is 0.928. The molecule has 0 radical (unpaired) electrons. The molecule has 19 heavy (non-hydrogen) atoms. The van der Waals surface area contributed by atoms with Crippen LogP contribution in [0, 0.1) is 0 Å². The van der Waals surface area contributed by atoms with E-state index >= 15 is 0 Å². The summed E-state index contributed by atoms with van der Waals surface area (Å²) in [7, 11) is 3.32. The minimum Gasteiger partial charge on any atom is -0.497 e. The van der Waals surface area contributed by atoms with Crippen LogP contribution in [0.2, 0.25) is 0 Å². The van der Waals surface area contributed by atoms with E-state index in [1.165, 1.54) is 0 Å². The molecule has 1 aliphatic heterocycles. The number of methoxy groups -OCH3 is 2. The fourth-order valence-corrected chi connectivity index (χ4v) is 2.37. The summed E-state index contributed by atoms with van der Waals surface area (Å²) in [5, 5.41) is 2.10. The molecule has 1 heterocycles. The number of benzene rings is 2. The first-order chi connectivity index (χ1) is 9.33. The highest BCUT2D eigenvalue weighted by Crippen LogP contribution is 2.37. The minimum absolute atomic E-state index is 0.332. The van der Waals surface area contributed by atoms with Gasteiger partial charge in [-0.05, 0) is 29.7 Å². The summed E-state index contributed by atoms with van der Waals surface area (Å²) in [6.45, 7) is 1.24. The smallest absolute Gasteiger partial charge is 0.187 e. The lowest BCUT2D eigenvalue weighted by Gasteiger charge is -2.16. The second-order valence-electron chi connectivity index (χ2n) is 4.35. The Bertz CT molecular complexity index is 588. The molecule has 1 saturated heterocycles. The number of ether oxygens (including phenoxy) is 4. The second-order valence-corrected chi connectivity index (χ2v) is 4.35. The van der Waals surface area contributed by atoms with Gasteiger partial charge in [0.2, 0.25) is 0 Å². The average molecular weight is 260 g/mol. The number of fused-ring (bicyclic) bond motifs is 1. The molecular weight excluding hydrogens is 244 g/mol. The summed E-state index contributed by atoms with van der Waals surface area (Å²) in [6, 6.07) is 9.91. The van der Waals surface area contributed by atoms with Crippen molar-refractivity contribution in [2.75, 3.05) is 27.4 Å². The fourth-order valence-electron chi connectivity index (χ4n) is 2.37. The summed E-state index contributed by atoms with van der Waals surface area (Å²) in [5.74, 6) is 1.63. The highest BCUT2D eigenvalue weighted by Gasteiger charge is 2.23. The maximum Gasteiger partial charge on any atom is 0.187 e. The van der Waals surface area contributed by atoms with E-state index in [2.05, 4.69) is 0 Å². The maximum atomic E-state index is 5.55. The minimum atomic E-state index is -0.332. The standard InChI is InChI=1S/C15H16O4/c1-16-11-4-6-12-10(9-11)3-5-13(14(12)17-2)15-18-7-8-19-15/h3-6,9,15H,7-8H2,1-2H3. The van der Waals surface area contributed by atoms with E-state index in [4.69, 9.17) is 18.9 Å². The van der Waals surface area contributed by atoms with Gasteiger partial charge in [-0.25, -0.2) is 0 Å². The van der Waals surface area contributed by atoms with Crippen molar-refractivity contribution in [3.63, 3.8) is 0 Å². The van der Waals surface area contributed by atoms with Gasteiger partial charge in [0.1, 0.15) is 11.5 Å². The Kier molecular flexibility index (Phi) is 3.27. The molecule has 2 aromatic rings. The van der Waals surface area contributed by atoms with Crippen LogP contribution in [0.15, 0.2) is 30.3 Å². The summed E-state index contributed by atoms with van der Waals surface area (Å²) in [6.07, 6.45) is -0.332. The molecule has 2 aromatic carbocycles. The number of hydrogen-bond acceptors (Lipinski definition) is 4. The number of rotatable bonds is 3. The molecule has 4 nitrogen and oxygen atoms in total. The normalized spacial score (nSPS) is 15.9. The molecule has 0 N–H and O–H groups in total. The Balaban J connectivity index is 2.14. The SMILES string of the molecule is COc1ccc2c(OC)c(C3OCCO3)ccc2c1. The van der Waals surface area contributed by atoms with E-state index in [1.807, 2.05) is 30.3 Å². The first kappa shape index (κ1) is 12.3. The Hall–Kier alpha value is -1.78. The van der Waals surface area contributed by atoms with Crippen molar-refractivity contribution < 1.29 is 18.9 Å². The topological polar surface area (TPSA) is 36.9 Å². The molecular formula is C15H16O4. The lowest BCUT2D eigenvalue weighted by atomic mass is 10.0. The van der Waals surface area contributed by atoms with Crippen molar-refractivity contribution in [3.05, 3.63) is 35.9 Å². The third-order valence-electron chi connectivity index (χ3n) is 3.29. The third-order valence-corrected chi connectivity index (χ3v) is 3.29. The second kappa shape index (κ2) is 5.07. The van der Waals surface area contributed by atoms with Crippen LogP contribution in [0.1, 0.15) is 11.9 Å². The molecule has 1 aliphatic rings. The molecule has 0 unspecified atom stereocenters. The van der Waals surface area contributed by atoms with Crippen molar-refractivity contribution in [2.24, 2.45) is 0 Å². The highest BCUT2D eigenvalue weighted by molar-refractivity contribution is 5.90. The van der Waals surface area contributed by atoms with Crippen molar-refractivity contribution in [1.82, 2.24) is 0 Å². The van der Waals surface area contributed by atoms with Gasteiger partial charge in [-0.15, -0.1) is 0 Å². The largest absolute Gasteiger partial charge is 0.497 e. The first-order valence-corrected chi connectivity index (χ1v) is 6.21. The Morgan fingerprint density at radius 2 is 1.79 bits per heavy atom. The predicted octanol–water partition coefficient (Wildman–Crippen LogP) is 2.90. The molecule has 100 valence electrons. The monoisotopic (exact) mass is 260 g/mol. The predicted molar refractivity (Wildman–Crippen MR) is 71.7 cm³/mol. The molecule has 0 amide bonds. The molecule has 0 aliphatic carbocycles. The Morgan fingerprint density at radius 3 is 2.47 bits per heavy atom. The lowest BCUT2D eigenvalue weighted by molar-refractivity contribution is -0.0453. The molecule has 0 aromatic heterocycles. The van der Waals surface area contributed by atoms with Gasteiger partial charge in [0.05, 0.1) is 33.0 Å². The van der Waals surface area contributed by atoms with Crippen molar-refractivity contribution in [2.45, 2.75) is 6.29 Å². The molecule has 0 spiro atoms. The van der Waals surface area contributed by atoms with Crippen LogP contribution >= 0.6 is 0 Å². The summed E-state index contributed by atoms with van der Waals surface area (Å²) < 4.78 is 21.9. The molecule has 0 atom stereocenters. The van der Waals surface area contributed by atoms with E-state index in [-0.39, 0.29) is 6.29 Å². The molecule has 0 bridgehead atoms. The number of hydrogen-bond donors (Lipinski definition) is 0. The van der Waals surface area contributed by atoms with Gasteiger partial charge < -0.3 is 18.9 Å². The molecule has 0 saturated carbocycles. The first-order valence-electron chi connectivity index (χ1n) is 6.21. The molecule has 4 heteroatoms. The molecule has 3 rings (SSSR count). The van der Waals surface area contributed by atoms with E-state index < -0.39 is 0 Å². The van der Waals surface area contributed by atoms with E-state index in [1.54, 1.807) is 14.2 Å². The van der Waals surface area contributed by atoms with Gasteiger partial charge in [-0.3, -0.25) is 0 Å². The average Bonchev–Trinajstić information content (AvgIpc) is 2.99. The van der Waals surface area contributed by atoms with Gasteiger partial charge in [-0.2, -0.15) is 0 Å². The zero-order valence-corrected chi connectivity index (χ0v) is 11.0. The van der Waals surface area contributed by atoms with Crippen LogP contribution in [0.4, 0.5) is 0 Å². The summed E-state index contributed by atoms with van der Waals surface area (Å²) in [4.78, 5) is 0. The molecule has 1 fully saturated rings. The van der Waals surface area contributed by atoms with Gasteiger partial charge in [0.15, 0.2) is 6.29 Å². The van der Waals surface area contributed by atoms with E-state index in [9.17, 15) is 0 Å². The van der Waals surface area contributed by atoms with Crippen LogP contribution in [0.25, 0.3) is 10.8 Å². The van der Waals surface area contributed by atoms with Crippen molar-refractivity contribution in [1.29, 1.82) is 0 Å². The van der Waals surface area contributed by atoms with Crippen LogP contribution < -0.4 is 9.47 Å². The van der Waals surface area contributed by atoms with Gasteiger partial charge in [0.25, 0.3) is 0 Å². The highest BCUT2D eigenvalue weighted by atomic mass is 16.7.